The topological polar surface area (TPSA) is 12.9 Å². The molecule has 1 nitrogen and oxygen atoms in total. The Bertz CT molecular complexity index is 813. The van der Waals surface area contributed by atoms with Crippen molar-refractivity contribution < 1.29 is 13.2 Å². The third-order valence-electron chi connectivity index (χ3n) is 3.26. The normalized spacial score (nSPS) is 11.8. The highest BCUT2D eigenvalue weighted by atomic mass is 32.2. The number of aryl methyl sites for hydroxylation is 1. The SMILES string of the molecule is Cc1cc2cc(SC(F)(F)F)ccc2nc1-c1ccccc1. The molecule has 1 aromatic heterocycles. The van der Waals surface area contributed by atoms with Crippen LogP contribution in [0.1, 0.15) is 5.56 Å². The van der Waals surface area contributed by atoms with E-state index in [0.29, 0.717) is 10.9 Å². The summed E-state index contributed by atoms with van der Waals surface area (Å²) in [5, 5.41) is 0.714. The van der Waals surface area contributed by atoms with Crippen molar-refractivity contribution in [2.24, 2.45) is 0 Å². The van der Waals surface area contributed by atoms with Gasteiger partial charge in [0.15, 0.2) is 0 Å². The van der Waals surface area contributed by atoms with E-state index in [9.17, 15) is 13.2 Å². The lowest BCUT2D eigenvalue weighted by Crippen LogP contribution is -1.99. The Morgan fingerprint density at radius 3 is 2.36 bits per heavy atom. The number of nitrogens with zero attached hydrogens (tertiary/aromatic N) is 1. The molecule has 0 saturated heterocycles. The van der Waals surface area contributed by atoms with Gasteiger partial charge in [-0.2, -0.15) is 13.2 Å². The predicted molar refractivity (Wildman–Crippen MR) is 83.8 cm³/mol. The van der Waals surface area contributed by atoms with Gasteiger partial charge in [-0.25, -0.2) is 4.98 Å². The van der Waals surface area contributed by atoms with Crippen LogP contribution < -0.4 is 0 Å². The van der Waals surface area contributed by atoms with Crippen LogP contribution in [-0.2, 0) is 0 Å². The zero-order chi connectivity index (χ0) is 15.7. The van der Waals surface area contributed by atoms with Crippen molar-refractivity contribution in [1.29, 1.82) is 0 Å². The molecular weight excluding hydrogens is 307 g/mol. The number of pyridine rings is 1. The molecule has 0 bridgehead atoms. The molecule has 0 spiro atoms. The van der Waals surface area contributed by atoms with Crippen LogP contribution in [0.4, 0.5) is 13.2 Å². The van der Waals surface area contributed by atoms with Crippen molar-refractivity contribution >= 4 is 22.7 Å². The minimum atomic E-state index is -4.28. The molecule has 0 radical (unpaired) electrons. The Kier molecular flexibility index (Phi) is 3.83. The molecule has 2 aromatic carbocycles. The summed E-state index contributed by atoms with van der Waals surface area (Å²) in [6.07, 6.45) is 0. The van der Waals surface area contributed by atoms with Gasteiger partial charge in [0.05, 0.1) is 11.2 Å². The molecule has 112 valence electrons. The van der Waals surface area contributed by atoms with Crippen molar-refractivity contribution in [1.82, 2.24) is 4.98 Å². The van der Waals surface area contributed by atoms with Gasteiger partial charge in [0.2, 0.25) is 0 Å². The van der Waals surface area contributed by atoms with Gasteiger partial charge in [-0.3, -0.25) is 0 Å². The summed E-state index contributed by atoms with van der Waals surface area (Å²) < 4.78 is 37.4. The van der Waals surface area contributed by atoms with E-state index in [1.54, 1.807) is 6.07 Å². The zero-order valence-electron chi connectivity index (χ0n) is 11.7. The largest absolute Gasteiger partial charge is 0.446 e. The number of hydrogen-bond donors (Lipinski definition) is 0. The standard InChI is InChI=1S/C17H12F3NS/c1-11-9-13-10-14(22-17(18,19)20)7-8-15(13)21-16(11)12-5-3-2-4-6-12/h2-10H,1H3. The summed E-state index contributed by atoms with van der Waals surface area (Å²) in [5.41, 5.74) is -0.802. The molecule has 3 aromatic rings. The molecule has 0 N–H and O–H groups in total. The number of aromatic nitrogens is 1. The fraction of sp³-hybridized carbons (Fsp3) is 0.118. The number of halogens is 3. The third kappa shape index (κ3) is 3.25. The van der Waals surface area contributed by atoms with Gasteiger partial charge in [0.1, 0.15) is 0 Å². The maximum Gasteiger partial charge on any atom is 0.446 e. The Morgan fingerprint density at radius 1 is 0.955 bits per heavy atom. The molecule has 1 heterocycles. The summed E-state index contributed by atoms with van der Waals surface area (Å²) in [7, 11) is 0. The van der Waals surface area contributed by atoms with E-state index < -0.39 is 5.51 Å². The van der Waals surface area contributed by atoms with Crippen LogP contribution in [0, 0.1) is 6.92 Å². The van der Waals surface area contributed by atoms with Gasteiger partial charge >= 0.3 is 5.51 Å². The molecular formula is C17H12F3NS. The molecule has 5 heteroatoms. The second-order valence-electron chi connectivity index (χ2n) is 4.92. The lowest BCUT2D eigenvalue weighted by atomic mass is 10.0. The fourth-order valence-corrected chi connectivity index (χ4v) is 2.93. The van der Waals surface area contributed by atoms with Crippen LogP contribution in [0.2, 0.25) is 0 Å². The Morgan fingerprint density at radius 2 is 1.68 bits per heavy atom. The van der Waals surface area contributed by atoms with E-state index in [1.807, 2.05) is 43.3 Å². The maximum atomic E-state index is 12.5. The number of alkyl halides is 3. The van der Waals surface area contributed by atoms with Gasteiger partial charge in [-0.1, -0.05) is 30.3 Å². The van der Waals surface area contributed by atoms with Gasteiger partial charge in [0, 0.05) is 15.8 Å². The van der Waals surface area contributed by atoms with Crippen molar-refractivity contribution in [2.45, 2.75) is 17.3 Å². The van der Waals surface area contributed by atoms with Gasteiger partial charge in [-0.15, -0.1) is 0 Å². The molecule has 0 amide bonds. The molecule has 0 aliphatic heterocycles. The van der Waals surface area contributed by atoms with Gasteiger partial charge < -0.3 is 0 Å². The summed E-state index contributed by atoms with van der Waals surface area (Å²) in [6.45, 7) is 1.92. The summed E-state index contributed by atoms with van der Waals surface area (Å²) in [5.74, 6) is 0. The first-order chi connectivity index (χ1) is 10.4. The summed E-state index contributed by atoms with van der Waals surface area (Å²) in [4.78, 5) is 4.77. The molecule has 0 atom stereocenters. The van der Waals surface area contributed by atoms with E-state index in [1.165, 1.54) is 12.1 Å². The second kappa shape index (κ2) is 5.65. The number of hydrogen-bond acceptors (Lipinski definition) is 2. The van der Waals surface area contributed by atoms with Crippen molar-refractivity contribution in [3.63, 3.8) is 0 Å². The number of rotatable bonds is 2. The average Bonchev–Trinajstić information content (AvgIpc) is 2.45. The van der Waals surface area contributed by atoms with Gasteiger partial charge in [-0.05, 0) is 48.5 Å². The first-order valence-electron chi connectivity index (χ1n) is 6.65. The van der Waals surface area contributed by atoms with Crippen LogP contribution in [-0.4, -0.2) is 10.5 Å². The second-order valence-corrected chi connectivity index (χ2v) is 6.06. The van der Waals surface area contributed by atoms with Crippen molar-refractivity contribution in [3.8, 4) is 11.3 Å². The molecule has 0 unspecified atom stereocenters. The molecule has 3 rings (SSSR count). The Hall–Kier alpha value is -2.01. The highest BCUT2D eigenvalue weighted by molar-refractivity contribution is 8.00. The molecule has 0 aliphatic carbocycles. The van der Waals surface area contributed by atoms with Crippen molar-refractivity contribution in [3.05, 3.63) is 60.2 Å². The first-order valence-corrected chi connectivity index (χ1v) is 7.46. The van der Waals surface area contributed by atoms with E-state index in [0.717, 1.165) is 16.8 Å². The number of fused-ring (bicyclic) bond motifs is 1. The highest BCUT2D eigenvalue weighted by Crippen LogP contribution is 2.38. The zero-order valence-corrected chi connectivity index (χ0v) is 12.5. The Labute approximate surface area is 130 Å². The fourth-order valence-electron chi connectivity index (χ4n) is 2.35. The van der Waals surface area contributed by atoms with E-state index in [2.05, 4.69) is 4.98 Å². The van der Waals surface area contributed by atoms with Crippen LogP contribution in [0.15, 0.2) is 59.5 Å². The van der Waals surface area contributed by atoms with Gasteiger partial charge in [0.25, 0.3) is 0 Å². The lowest BCUT2D eigenvalue weighted by molar-refractivity contribution is -0.0328. The molecule has 0 aliphatic rings. The molecule has 0 saturated carbocycles. The Balaban J connectivity index is 2.07. The van der Waals surface area contributed by atoms with Crippen LogP contribution in [0.3, 0.4) is 0 Å². The maximum absolute atomic E-state index is 12.5. The van der Waals surface area contributed by atoms with Crippen LogP contribution in [0.25, 0.3) is 22.2 Å². The van der Waals surface area contributed by atoms with E-state index >= 15 is 0 Å². The van der Waals surface area contributed by atoms with E-state index in [4.69, 9.17) is 0 Å². The summed E-state index contributed by atoms with van der Waals surface area (Å²) in [6, 6.07) is 16.2. The predicted octanol–water partition coefficient (Wildman–Crippen LogP) is 5.82. The number of benzene rings is 2. The number of thioether (sulfide) groups is 1. The van der Waals surface area contributed by atoms with E-state index in [-0.39, 0.29) is 16.7 Å². The van der Waals surface area contributed by atoms with Crippen molar-refractivity contribution in [2.75, 3.05) is 0 Å². The minimum Gasteiger partial charge on any atom is -0.248 e. The average molecular weight is 319 g/mol. The molecule has 22 heavy (non-hydrogen) atoms. The monoisotopic (exact) mass is 319 g/mol. The highest BCUT2D eigenvalue weighted by Gasteiger charge is 2.29. The smallest absolute Gasteiger partial charge is 0.248 e. The van der Waals surface area contributed by atoms with Crippen LogP contribution in [0.5, 0.6) is 0 Å². The lowest BCUT2D eigenvalue weighted by Gasteiger charge is -2.10. The first kappa shape index (κ1) is 14.9. The minimum absolute atomic E-state index is 0.106. The third-order valence-corrected chi connectivity index (χ3v) is 3.98. The molecule has 0 fully saturated rings. The summed E-state index contributed by atoms with van der Waals surface area (Å²) >= 11 is -0.106. The quantitative estimate of drug-likeness (QED) is 0.552. The van der Waals surface area contributed by atoms with Crippen LogP contribution >= 0.6 is 11.8 Å².